The van der Waals surface area contributed by atoms with Crippen LogP contribution in [-0.2, 0) is 19.6 Å². The molecule has 1 atom stereocenters. The lowest BCUT2D eigenvalue weighted by Crippen LogP contribution is -2.54. The van der Waals surface area contributed by atoms with Crippen molar-refractivity contribution < 1.29 is 18.0 Å². The van der Waals surface area contributed by atoms with Crippen molar-refractivity contribution in [3.05, 3.63) is 27.3 Å². The van der Waals surface area contributed by atoms with E-state index in [1.165, 1.54) is 22.3 Å². The van der Waals surface area contributed by atoms with Crippen LogP contribution >= 0.6 is 11.3 Å². The number of rotatable bonds is 6. The van der Waals surface area contributed by atoms with Crippen LogP contribution in [0, 0.1) is 6.92 Å². The highest BCUT2D eigenvalue weighted by molar-refractivity contribution is 7.92. The molecule has 7 nitrogen and oxygen atoms in total. The fraction of sp³-hybridized carbons (Fsp3) is 0.556. The minimum absolute atomic E-state index is 0.0291. The number of thiophene rings is 1. The molecule has 1 aromatic rings. The summed E-state index contributed by atoms with van der Waals surface area (Å²) in [5.41, 5.74) is 0. The Morgan fingerprint density at radius 2 is 2.00 bits per heavy atom. The third-order valence-corrected chi connectivity index (χ3v) is 6.87. The predicted octanol–water partition coefficient (Wildman–Crippen LogP) is 1.56. The van der Waals surface area contributed by atoms with Crippen molar-refractivity contribution in [2.24, 2.45) is 0 Å². The maximum absolute atomic E-state index is 12.6. The second-order valence-electron chi connectivity index (χ2n) is 6.96. The highest BCUT2D eigenvalue weighted by Gasteiger charge is 2.33. The molecule has 1 N–H and O–H groups in total. The van der Waals surface area contributed by atoms with Gasteiger partial charge in [0, 0.05) is 34.8 Å². The fourth-order valence-corrected chi connectivity index (χ4v) is 5.26. The number of nitrogens with zero attached hydrogens (tertiary/aromatic N) is 2. The van der Waals surface area contributed by atoms with Crippen molar-refractivity contribution >= 4 is 39.3 Å². The number of amides is 2. The molecule has 2 amide bonds. The lowest BCUT2D eigenvalue weighted by Gasteiger charge is -2.32. The number of nitrogens with one attached hydrogen (secondary N) is 1. The molecule has 2 saturated heterocycles. The van der Waals surface area contributed by atoms with E-state index in [1.54, 1.807) is 4.90 Å². The molecule has 0 aromatic carbocycles. The van der Waals surface area contributed by atoms with Crippen molar-refractivity contribution in [1.82, 2.24) is 14.5 Å². The van der Waals surface area contributed by atoms with Crippen LogP contribution in [0.1, 0.15) is 35.4 Å². The zero-order valence-electron chi connectivity index (χ0n) is 15.4. The van der Waals surface area contributed by atoms with Gasteiger partial charge in [-0.05, 0) is 50.8 Å². The Balaban J connectivity index is 1.59. The summed E-state index contributed by atoms with van der Waals surface area (Å²) in [6, 6.07) is 2.96. The largest absolute Gasteiger partial charge is 0.341 e. The molecule has 0 bridgehead atoms. The van der Waals surface area contributed by atoms with Gasteiger partial charge in [-0.2, -0.15) is 4.72 Å². The van der Waals surface area contributed by atoms with Crippen molar-refractivity contribution in [2.45, 2.75) is 38.6 Å². The molecular formula is C18H25N3O4S2. The molecule has 2 aliphatic heterocycles. The summed E-state index contributed by atoms with van der Waals surface area (Å²) in [7, 11) is -3.74. The standard InChI is InChI=1S/C18H25N3O4S2/c1-14-6-7-15(26-14)8-12-27(24,25)19-16-5-4-11-21(18(16)23)13-17(22)20-9-2-3-10-20/h6-8,12,16,19H,2-5,9-11,13H2,1H3/t16-/m0/s1. The zero-order chi connectivity index (χ0) is 19.4. The van der Waals surface area contributed by atoms with Crippen molar-refractivity contribution in [2.75, 3.05) is 26.2 Å². The SMILES string of the molecule is Cc1ccc(C=CS(=O)(=O)N[C@H]2CCCN(CC(=O)N3CCCC3)C2=O)s1. The molecule has 0 saturated carbocycles. The molecule has 2 fully saturated rings. The monoisotopic (exact) mass is 411 g/mol. The van der Waals surface area contributed by atoms with Gasteiger partial charge in [0.1, 0.15) is 6.04 Å². The van der Waals surface area contributed by atoms with Gasteiger partial charge in [0.05, 0.1) is 6.54 Å². The van der Waals surface area contributed by atoms with E-state index in [4.69, 9.17) is 0 Å². The number of carbonyl (C=O) groups excluding carboxylic acids is 2. The van der Waals surface area contributed by atoms with Gasteiger partial charge in [-0.1, -0.05) is 0 Å². The van der Waals surface area contributed by atoms with Gasteiger partial charge in [-0.3, -0.25) is 9.59 Å². The van der Waals surface area contributed by atoms with E-state index in [9.17, 15) is 18.0 Å². The molecule has 0 spiro atoms. The first-order chi connectivity index (χ1) is 12.8. The smallest absolute Gasteiger partial charge is 0.242 e. The fourth-order valence-electron chi connectivity index (χ4n) is 3.37. The summed E-state index contributed by atoms with van der Waals surface area (Å²) in [4.78, 5) is 30.1. The van der Waals surface area contributed by atoms with E-state index < -0.39 is 16.1 Å². The quantitative estimate of drug-likeness (QED) is 0.770. The van der Waals surface area contributed by atoms with Crippen LogP contribution in [0.3, 0.4) is 0 Å². The Labute approximate surface area is 164 Å². The number of aryl methyl sites for hydroxylation is 1. The second-order valence-corrected chi connectivity index (χ2v) is 9.87. The molecule has 3 heterocycles. The predicted molar refractivity (Wildman–Crippen MR) is 106 cm³/mol. The van der Waals surface area contributed by atoms with Crippen molar-refractivity contribution in [3.8, 4) is 0 Å². The Kier molecular flexibility index (Phi) is 6.33. The first-order valence-corrected chi connectivity index (χ1v) is 11.5. The summed E-state index contributed by atoms with van der Waals surface area (Å²) in [5.74, 6) is -0.380. The molecule has 148 valence electrons. The summed E-state index contributed by atoms with van der Waals surface area (Å²) in [6.07, 6.45) is 4.64. The number of hydrogen-bond acceptors (Lipinski definition) is 5. The van der Waals surface area contributed by atoms with Crippen LogP contribution in [0.4, 0.5) is 0 Å². The highest BCUT2D eigenvalue weighted by Crippen LogP contribution is 2.18. The van der Waals surface area contributed by atoms with Gasteiger partial charge >= 0.3 is 0 Å². The second kappa shape index (κ2) is 8.53. The van der Waals surface area contributed by atoms with Crippen LogP contribution in [-0.4, -0.2) is 62.3 Å². The Morgan fingerprint density at radius 3 is 2.67 bits per heavy atom. The maximum Gasteiger partial charge on any atom is 0.242 e. The molecule has 9 heteroatoms. The first-order valence-electron chi connectivity index (χ1n) is 9.17. The van der Waals surface area contributed by atoms with Crippen LogP contribution in [0.25, 0.3) is 6.08 Å². The van der Waals surface area contributed by atoms with E-state index in [0.717, 1.165) is 41.1 Å². The Hall–Kier alpha value is -1.71. The average molecular weight is 412 g/mol. The molecule has 0 radical (unpaired) electrons. The van der Waals surface area contributed by atoms with Gasteiger partial charge in [0.25, 0.3) is 0 Å². The maximum atomic E-state index is 12.6. The van der Waals surface area contributed by atoms with Crippen molar-refractivity contribution in [3.63, 3.8) is 0 Å². The third-order valence-electron chi connectivity index (χ3n) is 4.79. The Bertz CT molecular complexity index is 825. The topological polar surface area (TPSA) is 86.8 Å². The van der Waals surface area contributed by atoms with Crippen LogP contribution in [0.2, 0.25) is 0 Å². The molecule has 1 aromatic heterocycles. The summed E-state index contributed by atoms with van der Waals surface area (Å²) >= 11 is 1.50. The number of piperidine rings is 1. The minimum Gasteiger partial charge on any atom is -0.341 e. The molecular weight excluding hydrogens is 386 g/mol. The zero-order valence-corrected chi connectivity index (χ0v) is 17.0. The van der Waals surface area contributed by atoms with E-state index >= 15 is 0 Å². The van der Waals surface area contributed by atoms with Crippen LogP contribution in [0.5, 0.6) is 0 Å². The van der Waals surface area contributed by atoms with E-state index in [1.807, 2.05) is 19.1 Å². The van der Waals surface area contributed by atoms with Crippen molar-refractivity contribution in [1.29, 1.82) is 0 Å². The van der Waals surface area contributed by atoms with E-state index in [0.29, 0.717) is 19.4 Å². The molecule has 3 rings (SSSR count). The normalized spacial score (nSPS) is 21.4. The minimum atomic E-state index is -3.74. The number of sulfonamides is 1. The van der Waals surface area contributed by atoms with Crippen LogP contribution in [0.15, 0.2) is 17.5 Å². The number of carbonyl (C=O) groups is 2. The molecule has 0 unspecified atom stereocenters. The van der Waals surface area contributed by atoms with Gasteiger partial charge in [-0.15, -0.1) is 11.3 Å². The van der Waals surface area contributed by atoms with Gasteiger partial charge < -0.3 is 9.80 Å². The van der Waals surface area contributed by atoms with Gasteiger partial charge in [0.15, 0.2) is 0 Å². The molecule has 27 heavy (non-hydrogen) atoms. The van der Waals surface area contributed by atoms with Gasteiger partial charge in [-0.25, -0.2) is 8.42 Å². The lowest BCUT2D eigenvalue weighted by atomic mass is 10.1. The van der Waals surface area contributed by atoms with Gasteiger partial charge in [0.2, 0.25) is 21.8 Å². The summed E-state index contributed by atoms with van der Waals surface area (Å²) in [5, 5.41) is 1.10. The first kappa shape index (κ1) is 20.0. The van der Waals surface area contributed by atoms with E-state index in [2.05, 4.69) is 4.72 Å². The lowest BCUT2D eigenvalue weighted by molar-refractivity contribution is -0.142. The summed E-state index contributed by atoms with van der Waals surface area (Å²) < 4.78 is 27.1. The third kappa shape index (κ3) is 5.40. The Morgan fingerprint density at radius 1 is 1.26 bits per heavy atom. The van der Waals surface area contributed by atoms with Crippen LogP contribution < -0.4 is 4.72 Å². The summed E-state index contributed by atoms with van der Waals surface area (Å²) in [6.45, 7) is 3.95. The van der Waals surface area contributed by atoms with E-state index in [-0.39, 0.29) is 18.4 Å². The number of hydrogen-bond donors (Lipinski definition) is 1. The molecule has 0 aliphatic carbocycles. The molecule has 2 aliphatic rings. The average Bonchev–Trinajstić information content (AvgIpc) is 3.28. The number of likely N-dealkylation sites (tertiary alicyclic amines) is 2. The highest BCUT2D eigenvalue weighted by atomic mass is 32.2.